The molecule has 2 N–H and O–H groups in total. The minimum atomic E-state index is -0.160. The largest absolute Gasteiger partial charge is 0.484 e. The first kappa shape index (κ1) is 15.1. The fourth-order valence-electron chi connectivity index (χ4n) is 1.63. The molecule has 0 unspecified atom stereocenters. The summed E-state index contributed by atoms with van der Waals surface area (Å²) in [7, 11) is 0. The molecule has 2 rings (SSSR count). The van der Waals surface area contributed by atoms with E-state index in [0.717, 1.165) is 0 Å². The van der Waals surface area contributed by atoms with E-state index in [0.29, 0.717) is 23.5 Å². The molecule has 2 aromatic rings. The van der Waals surface area contributed by atoms with Crippen molar-refractivity contribution in [2.24, 2.45) is 0 Å². The molecule has 0 aliphatic rings. The Balaban J connectivity index is 1.87. The molecule has 0 fully saturated rings. The average molecular weight is 304 g/mol. The number of carbonyl (C=O) groups excluding carboxylic acids is 2. The molecule has 21 heavy (non-hydrogen) atoms. The van der Waals surface area contributed by atoms with Crippen LogP contribution in [0.1, 0.15) is 17.3 Å². The van der Waals surface area contributed by atoms with Crippen LogP contribution in [0.3, 0.4) is 0 Å². The van der Waals surface area contributed by atoms with Crippen LogP contribution in [0.4, 0.5) is 5.69 Å². The number of hydrogen-bond acceptors (Lipinski definition) is 4. The molecular weight excluding hydrogens is 288 g/mol. The molecule has 110 valence electrons. The molecule has 0 radical (unpaired) electrons. The summed E-state index contributed by atoms with van der Waals surface area (Å²) in [5, 5.41) is 9.08. The van der Waals surface area contributed by atoms with Crippen LogP contribution in [0.25, 0.3) is 0 Å². The molecular formula is C15H16N2O3S. The first-order chi connectivity index (χ1) is 10.2. The number of benzene rings is 1. The Morgan fingerprint density at radius 3 is 2.57 bits per heavy atom. The number of ether oxygens (including phenoxy) is 1. The number of anilines is 1. The van der Waals surface area contributed by atoms with Gasteiger partial charge in [0.25, 0.3) is 11.8 Å². The topological polar surface area (TPSA) is 67.4 Å². The zero-order chi connectivity index (χ0) is 15.1. The second kappa shape index (κ2) is 7.44. The van der Waals surface area contributed by atoms with Crippen LogP contribution in [0.5, 0.6) is 5.75 Å². The maximum Gasteiger partial charge on any atom is 0.257 e. The quantitative estimate of drug-likeness (QED) is 0.861. The third-order valence-corrected chi connectivity index (χ3v) is 3.32. The van der Waals surface area contributed by atoms with Gasteiger partial charge in [-0.3, -0.25) is 9.59 Å². The van der Waals surface area contributed by atoms with Gasteiger partial charge in [0.2, 0.25) is 0 Å². The van der Waals surface area contributed by atoms with Crippen molar-refractivity contribution in [2.45, 2.75) is 6.92 Å². The van der Waals surface area contributed by atoms with Gasteiger partial charge >= 0.3 is 0 Å². The molecule has 0 atom stereocenters. The first-order valence-electron chi connectivity index (χ1n) is 6.52. The Labute approximate surface area is 126 Å². The Morgan fingerprint density at radius 1 is 1.19 bits per heavy atom. The molecule has 0 spiro atoms. The Kier molecular flexibility index (Phi) is 5.34. The van der Waals surface area contributed by atoms with Gasteiger partial charge in [-0.2, -0.15) is 11.3 Å². The number of rotatable bonds is 6. The van der Waals surface area contributed by atoms with E-state index >= 15 is 0 Å². The lowest BCUT2D eigenvalue weighted by Gasteiger charge is -2.08. The lowest BCUT2D eigenvalue weighted by Crippen LogP contribution is -2.28. The summed E-state index contributed by atoms with van der Waals surface area (Å²) in [6.07, 6.45) is 0. The summed E-state index contributed by atoms with van der Waals surface area (Å²) in [6, 6.07) is 8.66. The molecule has 1 aromatic carbocycles. The van der Waals surface area contributed by atoms with E-state index in [9.17, 15) is 9.59 Å². The fraction of sp³-hybridized carbons (Fsp3) is 0.200. The molecule has 1 aromatic heterocycles. The SMILES string of the molecule is CCNC(=O)COc1ccc(NC(=O)c2ccsc2)cc1. The number of amides is 2. The van der Waals surface area contributed by atoms with Gasteiger partial charge in [-0.15, -0.1) is 0 Å². The lowest BCUT2D eigenvalue weighted by molar-refractivity contribution is -0.122. The van der Waals surface area contributed by atoms with Crippen molar-refractivity contribution in [1.29, 1.82) is 0 Å². The summed E-state index contributed by atoms with van der Waals surface area (Å²) >= 11 is 1.48. The second-order valence-electron chi connectivity index (χ2n) is 4.23. The maximum atomic E-state index is 11.9. The van der Waals surface area contributed by atoms with E-state index < -0.39 is 0 Å². The average Bonchev–Trinajstić information content (AvgIpc) is 3.01. The van der Waals surface area contributed by atoms with Crippen LogP contribution in [0.15, 0.2) is 41.1 Å². The Bertz CT molecular complexity index is 594. The molecule has 0 saturated carbocycles. The van der Waals surface area contributed by atoms with E-state index in [1.54, 1.807) is 35.7 Å². The number of thiophene rings is 1. The van der Waals surface area contributed by atoms with Gasteiger partial charge in [-0.05, 0) is 42.6 Å². The summed E-state index contributed by atoms with van der Waals surface area (Å²) in [5.41, 5.74) is 1.31. The highest BCUT2D eigenvalue weighted by Gasteiger charge is 2.06. The van der Waals surface area contributed by atoms with E-state index in [1.807, 2.05) is 12.3 Å². The zero-order valence-electron chi connectivity index (χ0n) is 11.6. The van der Waals surface area contributed by atoms with Crippen LogP contribution >= 0.6 is 11.3 Å². The normalized spacial score (nSPS) is 9.95. The minimum Gasteiger partial charge on any atom is -0.484 e. The maximum absolute atomic E-state index is 11.9. The van der Waals surface area contributed by atoms with Crippen molar-refractivity contribution < 1.29 is 14.3 Å². The Morgan fingerprint density at radius 2 is 1.95 bits per heavy atom. The standard InChI is InChI=1S/C15H16N2O3S/c1-2-16-14(18)9-20-13-5-3-12(4-6-13)17-15(19)11-7-8-21-10-11/h3-8,10H,2,9H2,1H3,(H,16,18)(H,17,19). The van der Waals surface area contributed by atoms with Crippen LogP contribution in [-0.2, 0) is 4.79 Å². The highest BCUT2D eigenvalue weighted by Crippen LogP contribution is 2.17. The smallest absolute Gasteiger partial charge is 0.257 e. The minimum absolute atomic E-state index is 0.0194. The molecule has 0 saturated heterocycles. The predicted octanol–water partition coefficient (Wildman–Crippen LogP) is 2.52. The Hall–Kier alpha value is -2.34. The summed E-state index contributed by atoms with van der Waals surface area (Å²) < 4.78 is 5.33. The summed E-state index contributed by atoms with van der Waals surface area (Å²) in [5.74, 6) is 0.273. The summed E-state index contributed by atoms with van der Waals surface area (Å²) in [4.78, 5) is 23.1. The molecule has 0 bridgehead atoms. The molecule has 0 aliphatic carbocycles. The van der Waals surface area contributed by atoms with Crippen molar-refractivity contribution in [3.8, 4) is 5.75 Å². The number of carbonyl (C=O) groups is 2. The highest BCUT2D eigenvalue weighted by atomic mass is 32.1. The van der Waals surface area contributed by atoms with Crippen LogP contribution in [0.2, 0.25) is 0 Å². The highest BCUT2D eigenvalue weighted by molar-refractivity contribution is 7.08. The second-order valence-corrected chi connectivity index (χ2v) is 5.01. The van der Waals surface area contributed by atoms with Crippen molar-refractivity contribution in [3.63, 3.8) is 0 Å². The van der Waals surface area contributed by atoms with Gasteiger partial charge in [0.15, 0.2) is 6.61 Å². The fourth-order valence-corrected chi connectivity index (χ4v) is 2.26. The van der Waals surface area contributed by atoms with Crippen molar-refractivity contribution in [2.75, 3.05) is 18.5 Å². The molecule has 2 amide bonds. The molecule has 1 heterocycles. The van der Waals surface area contributed by atoms with Gasteiger partial charge in [0.05, 0.1) is 5.56 Å². The third-order valence-electron chi connectivity index (χ3n) is 2.64. The number of hydrogen-bond donors (Lipinski definition) is 2. The van der Waals surface area contributed by atoms with E-state index in [1.165, 1.54) is 11.3 Å². The van der Waals surface area contributed by atoms with E-state index in [4.69, 9.17) is 4.74 Å². The predicted molar refractivity (Wildman–Crippen MR) is 82.9 cm³/mol. The van der Waals surface area contributed by atoms with Crippen LogP contribution in [0, 0.1) is 0 Å². The molecule has 5 nitrogen and oxygen atoms in total. The molecule has 0 aliphatic heterocycles. The monoisotopic (exact) mass is 304 g/mol. The summed E-state index contributed by atoms with van der Waals surface area (Å²) in [6.45, 7) is 2.41. The van der Waals surface area contributed by atoms with Crippen LogP contribution in [-0.4, -0.2) is 25.0 Å². The molecule has 6 heteroatoms. The van der Waals surface area contributed by atoms with Gasteiger partial charge < -0.3 is 15.4 Å². The van der Waals surface area contributed by atoms with Crippen molar-refractivity contribution in [3.05, 3.63) is 46.7 Å². The number of likely N-dealkylation sites (N-methyl/N-ethyl adjacent to an activating group) is 1. The zero-order valence-corrected chi connectivity index (χ0v) is 12.4. The third kappa shape index (κ3) is 4.61. The van der Waals surface area contributed by atoms with E-state index in [-0.39, 0.29) is 18.4 Å². The van der Waals surface area contributed by atoms with Crippen molar-refractivity contribution in [1.82, 2.24) is 5.32 Å². The van der Waals surface area contributed by atoms with Gasteiger partial charge in [0.1, 0.15) is 5.75 Å². The van der Waals surface area contributed by atoms with Crippen molar-refractivity contribution >= 4 is 28.8 Å². The van der Waals surface area contributed by atoms with Gasteiger partial charge in [-0.25, -0.2) is 0 Å². The first-order valence-corrected chi connectivity index (χ1v) is 7.46. The van der Waals surface area contributed by atoms with Crippen LogP contribution < -0.4 is 15.4 Å². The van der Waals surface area contributed by atoms with E-state index in [2.05, 4.69) is 10.6 Å². The van der Waals surface area contributed by atoms with Gasteiger partial charge in [0, 0.05) is 17.6 Å². The van der Waals surface area contributed by atoms with Gasteiger partial charge in [-0.1, -0.05) is 0 Å². The number of nitrogens with one attached hydrogen (secondary N) is 2. The lowest BCUT2D eigenvalue weighted by atomic mass is 10.2.